The van der Waals surface area contributed by atoms with Gasteiger partial charge in [-0.05, 0) is 29.3 Å². The minimum absolute atomic E-state index is 0.338. The van der Waals surface area contributed by atoms with E-state index >= 15 is 0 Å². The van der Waals surface area contributed by atoms with Gasteiger partial charge in [0.05, 0.1) is 12.7 Å². The van der Waals surface area contributed by atoms with E-state index in [0.717, 1.165) is 22.4 Å². The predicted octanol–water partition coefficient (Wildman–Crippen LogP) is 4.72. The number of benzene rings is 3. The summed E-state index contributed by atoms with van der Waals surface area (Å²) in [6.45, 7) is 0.512. The van der Waals surface area contributed by atoms with E-state index < -0.39 is 0 Å². The Morgan fingerprint density at radius 1 is 0.833 bits per heavy atom. The van der Waals surface area contributed by atoms with Crippen LogP contribution in [-0.4, -0.2) is 13.1 Å². The van der Waals surface area contributed by atoms with Crippen LogP contribution in [0.5, 0.6) is 5.75 Å². The van der Waals surface area contributed by atoms with Gasteiger partial charge in [0, 0.05) is 5.56 Å². The number of esters is 1. The Balaban J connectivity index is 1.82. The lowest BCUT2D eigenvalue weighted by Gasteiger charge is -2.12. The van der Waals surface area contributed by atoms with Crippen molar-refractivity contribution >= 4 is 5.97 Å². The fourth-order valence-corrected chi connectivity index (χ4v) is 2.47. The molecule has 0 bridgehead atoms. The number of para-hydroxylation sites is 1. The van der Waals surface area contributed by atoms with Gasteiger partial charge in [0.1, 0.15) is 12.4 Å². The smallest absolute Gasteiger partial charge is 0.337 e. The molecular formula is C21H18O3. The van der Waals surface area contributed by atoms with Gasteiger partial charge < -0.3 is 9.47 Å². The predicted molar refractivity (Wildman–Crippen MR) is 94.0 cm³/mol. The first-order chi connectivity index (χ1) is 11.8. The highest BCUT2D eigenvalue weighted by atomic mass is 16.5. The first-order valence-corrected chi connectivity index (χ1v) is 7.72. The van der Waals surface area contributed by atoms with Gasteiger partial charge in [-0.2, -0.15) is 0 Å². The molecule has 0 atom stereocenters. The lowest BCUT2D eigenvalue weighted by Crippen LogP contribution is -2.00. The second-order valence-electron chi connectivity index (χ2n) is 5.34. The number of carbonyl (C=O) groups excluding carboxylic acids is 1. The van der Waals surface area contributed by atoms with Crippen LogP contribution in [0.2, 0.25) is 0 Å². The molecule has 0 aromatic heterocycles. The molecule has 3 rings (SSSR count). The summed E-state index contributed by atoms with van der Waals surface area (Å²) < 4.78 is 10.7. The highest BCUT2D eigenvalue weighted by molar-refractivity contribution is 5.90. The van der Waals surface area contributed by atoms with Crippen molar-refractivity contribution in [3.63, 3.8) is 0 Å². The number of rotatable bonds is 5. The van der Waals surface area contributed by atoms with Gasteiger partial charge in [0.25, 0.3) is 0 Å². The van der Waals surface area contributed by atoms with E-state index in [-0.39, 0.29) is 5.97 Å². The second-order valence-corrected chi connectivity index (χ2v) is 5.34. The molecule has 0 amide bonds. The maximum absolute atomic E-state index is 11.5. The van der Waals surface area contributed by atoms with Crippen molar-refractivity contribution in [1.82, 2.24) is 0 Å². The summed E-state index contributed by atoms with van der Waals surface area (Å²) in [4.78, 5) is 11.5. The van der Waals surface area contributed by atoms with E-state index in [2.05, 4.69) is 0 Å². The molecule has 0 saturated carbocycles. The quantitative estimate of drug-likeness (QED) is 0.639. The monoisotopic (exact) mass is 318 g/mol. The van der Waals surface area contributed by atoms with E-state index in [4.69, 9.17) is 9.47 Å². The van der Waals surface area contributed by atoms with Crippen molar-refractivity contribution in [2.75, 3.05) is 7.11 Å². The van der Waals surface area contributed by atoms with Crippen LogP contribution in [0.3, 0.4) is 0 Å². The van der Waals surface area contributed by atoms with Crippen molar-refractivity contribution in [2.45, 2.75) is 6.61 Å². The van der Waals surface area contributed by atoms with Crippen LogP contribution in [0.4, 0.5) is 0 Å². The van der Waals surface area contributed by atoms with E-state index in [1.165, 1.54) is 7.11 Å². The van der Waals surface area contributed by atoms with Crippen molar-refractivity contribution in [1.29, 1.82) is 0 Å². The van der Waals surface area contributed by atoms with Crippen LogP contribution < -0.4 is 4.74 Å². The third-order valence-corrected chi connectivity index (χ3v) is 3.74. The van der Waals surface area contributed by atoms with Crippen LogP contribution in [0.1, 0.15) is 15.9 Å². The molecule has 0 heterocycles. The molecule has 0 aliphatic heterocycles. The van der Waals surface area contributed by atoms with Gasteiger partial charge in [-0.3, -0.25) is 0 Å². The molecular weight excluding hydrogens is 300 g/mol. The molecule has 3 nitrogen and oxygen atoms in total. The Morgan fingerprint density at radius 3 is 2.21 bits per heavy atom. The molecule has 0 radical (unpaired) electrons. The van der Waals surface area contributed by atoms with Crippen LogP contribution >= 0.6 is 0 Å². The van der Waals surface area contributed by atoms with E-state index in [9.17, 15) is 4.79 Å². The standard InChI is InChI=1S/C21H18O3/c1-23-21(22)18-13-11-17(12-14-18)19-9-5-6-10-20(19)24-15-16-7-3-2-4-8-16/h2-14H,15H2,1H3. The summed E-state index contributed by atoms with van der Waals surface area (Å²) >= 11 is 0. The average Bonchev–Trinajstić information content (AvgIpc) is 2.67. The van der Waals surface area contributed by atoms with Crippen LogP contribution in [0, 0.1) is 0 Å². The Kier molecular flexibility index (Phi) is 4.92. The summed E-state index contributed by atoms with van der Waals surface area (Å²) in [6, 6.07) is 25.2. The Hall–Kier alpha value is -3.07. The zero-order valence-electron chi connectivity index (χ0n) is 13.4. The first-order valence-electron chi connectivity index (χ1n) is 7.72. The van der Waals surface area contributed by atoms with E-state index in [1.54, 1.807) is 12.1 Å². The Labute approximate surface area is 141 Å². The maximum atomic E-state index is 11.5. The average molecular weight is 318 g/mol. The fourth-order valence-electron chi connectivity index (χ4n) is 2.47. The van der Waals surface area contributed by atoms with Crippen molar-refractivity contribution in [3.05, 3.63) is 90.0 Å². The third-order valence-electron chi connectivity index (χ3n) is 3.74. The third kappa shape index (κ3) is 3.63. The van der Waals surface area contributed by atoms with Gasteiger partial charge in [0.2, 0.25) is 0 Å². The second kappa shape index (κ2) is 7.47. The molecule has 3 aromatic rings. The normalized spacial score (nSPS) is 10.2. The van der Waals surface area contributed by atoms with Gasteiger partial charge in [0.15, 0.2) is 0 Å². The Bertz CT molecular complexity index is 808. The molecule has 0 saturated heterocycles. The molecule has 24 heavy (non-hydrogen) atoms. The van der Waals surface area contributed by atoms with Crippen LogP contribution in [0.15, 0.2) is 78.9 Å². The topological polar surface area (TPSA) is 35.5 Å². The van der Waals surface area contributed by atoms with Crippen LogP contribution in [-0.2, 0) is 11.3 Å². The van der Waals surface area contributed by atoms with Crippen molar-refractivity contribution in [3.8, 4) is 16.9 Å². The molecule has 120 valence electrons. The molecule has 3 aromatic carbocycles. The summed E-state index contributed by atoms with van der Waals surface area (Å²) in [5, 5.41) is 0. The van der Waals surface area contributed by atoms with Crippen molar-refractivity contribution in [2.24, 2.45) is 0 Å². The lowest BCUT2D eigenvalue weighted by atomic mass is 10.0. The molecule has 0 aliphatic carbocycles. The minimum atomic E-state index is -0.338. The van der Waals surface area contributed by atoms with Crippen LogP contribution in [0.25, 0.3) is 11.1 Å². The zero-order valence-corrected chi connectivity index (χ0v) is 13.4. The summed E-state index contributed by atoms with van der Waals surface area (Å²) in [5.41, 5.74) is 3.63. The molecule has 0 unspecified atom stereocenters. The largest absolute Gasteiger partial charge is 0.488 e. The fraction of sp³-hybridized carbons (Fsp3) is 0.0952. The molecule has 0 fully saturated rings. The summed E-state index contributed by atoms with van der Waals surface area (Å²) in [7, 11) is 1.38. The lowest BCUT2D eigenvalue weighted by molar-refractivity contribution is 0.0601. The molecule has 0 N–H and O–H groups in total. The summed E-state index contributed by atoms with van der Waals surface area (Å²) in [5.74, 6) is 0.474. The van der Waals surface area contributed by atoms with Gasteiger partial charge in [-0.25, -0.2) is 4.79 Å². The first kappa shape index (κ1) is 15.8. The number of carbonyl (C=O) groups is 1. The van der Waals surface area contributed by atoms with Gasteiger partial charge >= 0.3 is 5.97 Å². The molecule has 0 aliphatic rings. The highest BCUT2D eigenvalue weighted by Crippen LogP contribution is 2.30. The maximum Gasteiger partial charge on any atom is 0.337 e. The molecule has 0 spiro atoms. The van der Waals surface area contributed by atoms with E-state index in [0.29, 0.717) is 12.2 Å². The summed E-state index contributed by atoms with van der Waals surface area (Å²) in [6.07, 6.45) is 0. The Morgan fingerprint density at radius 2 is 1.50 bits per heavy atom. The van der Waals surface area contributed by atoms with E-state index in [1.807, 2.05) is 66.7 Å². The number of hydrogen-bond acceptors (Lipinski definition) is 3. The van der Waals surface area contributed by atoms with Gasteiger partial charge in [-0.15, -0.1) is 0 Å². The van der Waals surface area contributed by atoms with Crippen molar-refractivity contribution < 1.29 is 14.3 Å². The number of hydrogen-bond donors (Lipinski definition) is 0. The number of methoxy groups -OCH3 is 1. The molecule has 3 heteroatoms. The van der Waals surface area contributed by atoms with Gasteiger partial charge in [-0.1, -0.05) is 60.7 Å². The highest BCUT2D eigenvalue weighted by Gasteiger charge is 2.09. The number of ether oxygens (including phenoxy) is 2. The SMILES string of the molecule is COC(=O)c1ccc(-c2ccccc2OCc2ccccc2)cc1. The minimum Gasteiger partial charge on any atom is -0.488 e. The zero-order chi connectivity index (χ0) is 16.8.